The topological polar surface area (TPSA) is 60.7 Å². The van der Waals surface area contributed by atoms with E-state index >= 15 is 0 Å². The Labute approximate surface area is 48.6 Å². The zero-order chi connectivity index (χ0) is 6.57. The van der Waals surface area contributed by atoms with E-state index in [-0.39, 0.29) is 6.61 Å². The van der Waals surface area contributed by atoms with Crippen LogP contribution in [0, 0.1) is 0 Å². The largest absolute Gasteiger partial charge is 0.394 e. The van der Waals surface area contributed by atoms with Crippen LogP contribution in [0.1, 0.15) is 13.3 Å². The summed E-state index contributed by atoms with van der Waals surface area (Å²) in [5.74, 6) is 0. The molecule has 0 aliphatic rings. The van der Waals surface area contributed by atoms with Gasteiger partial charge in [0.25, 0.3) is 0 Å². The van der Waals surface area contributed by atoms with Gasteiger partial charge in [-0.1, -0.05) is 6.92 Å². The first-order valence-corrected chi connectivity index (χ1v) is 2.69. The molecular weight excluding hydrogens is 108 g/mol. The molecule has 8 heavy (non-hydrogen) atoms. The Morgan fingerprint density at radius 3 is 1.88 bits per heavy atom. The molecule has 0 saturated carbocycles. The van der Waals surface area contributed by atoms with Gasteiger partial charge in [-0.3, -0.25) is 0 Å². The van der Waals surface area contributed by atoms with E-state index in [0.29, 0.717) is 6.42 Å². The highest BCUT2D eigenvalue weighted by molar-refractivity contribution is 4.62. The molecule has 0 aromatic carbocycles. The highest BCUT2D eigenvalue weighted by Crippen LogP contribution is 1.95. The van der Waals surface area contributed by atoms with Gasteiger partial charge in [-0.2, -0.15) is 0 Å². The molecule has 2 atom stereocenters. The second-order valence-corrected chi connectivity index (χ2v) is 1.73. The lowest BCUT2D eigenvalue weighted by Gasteiger charge is -2.11. The maximum absolute atomic E-state index is 8.72. The third-order valence-electron chi connectivity index (χ3n) is 1.05. The van der Waals surface area contributed by atoms with Crippen molar-refractivity contribution in [2.24, 2.45) is 0 Å². The molecule has 0 bridgehead atoms. The van der Waals surface area contributed by atoms with E-state index in [0.717, 1.165) is 0 Å². The summed E-state index contributed by atoms with van der Waals surface area (Å²) in [7, 11) is 0. The van der Waals surface area contributed by atoms with Crippen LogP contribution in [-0.4, -0.2) is 34.1 Å². The predicted molar refractivity (Wildman–Crippen MR) is 29.4 cm³/mol. The first-order valence-electron chi connectivity index (χ1n) is 2.69. The summed E-state index contributed by atoms with van der Waals surface area (Å²) in [6, 6.07) is 0. The maximum atomic E-state index is 8.72. The monoisotopic (exact) mass is 120 g/mol. The summed E-state index contributed by atoms with van der Waals surface area (Å²) in [6.45, 7) is 1.37. The van der Waals surface area contributed by atoms with Gasteiger partial charge >= 0.3 is 0 Å². The van der Waals surface area contributed by atoms with Crippen LogP contribution in [0.25, 0.3) is 0 Å². The molecule has 0 aliphatic carbocycles. The van der Waals surface area contributed by atoms with Gasteiger partial charge in [0.15, 0.2) is 0 Å². The van der Waals surface area contributed by atoms with Crippen LogP contribution in [0.15, 0.2) is 0 Å². The zero-order valence-corrected chi connectivity index (χ0v) is 4.91. The van der Waals surface area contributed by atoms with Crippen molar-refractivity contribution in [3.63, 3.8) is 0 Å². The van der Waals surface area contributed by atoms with E-state index in [1.165, 1.54) is 0 Å². The summed E-state index contributed by atoms with van der Waals surface area (Å²) < 4.78 is 0. The van der Waals surface area contributed by atoms with E-state index in [1.807, 2.05) is 0 Å². The predicted octanol–water partition coefficient (Wildman–Crippen LogP) is -0.890. The van der Waals surface area contributed by atoms with Gasteiger partial charge in [-0.15, -0.1) is 0 Å². The molecule has 0 fully saturated rings. The highest BCUT2D eigenvalue weighted by atomic mass is 16.4. The number of aliphatic hydroxyl groups is 3. The van der Waals surface area contributed by atoms with E-state index in [1.54, 1.807) is 6.92 Å². The van der Waals surface area contributed by atoms with Crippen LogP contribution >= 0.6 is 0 Å². The third kappa shape index (κ3) is 2.26. The molecule has 0 aliphatic heterocycles. The second kappa shape index (κ2) is 3.83. The number of aliphatic hydroxyl groups excluding tert-OH is 3. The fourth-order valence-electron chi connectivity index (χ4n) is 0.394. The summed E-state index contributed by atoms with van der Waals surface area (Å²) in [4.78, 5) is 0. The van der Waals surface area contributed by atoms with Gasteiger partial charge < -0.3 is 15.3 Å². The Bertz CT molecular complexity index is 47.6. The van der Waals surface area contributed by atoms with Crippen LogP contribution in [0.2, 0.25) is 0 Å². The molecule has 3 nitrogen and oxygen atoms in total. The summed E-state index contributed by atoms with van der Waals surface area (Å²) in [5, 5.41) is 25.6. The number of hydrogen-bond donors (Lipinski definition) is 3. The molecule has 0 aromatic rings. The molecule has 0 spiro atoms. The van der Waals surface area contributed by atoms with Crippen LogP contribution in [0.3, 0.4) is 0 Å². The van der Waals surface area contributed by atoms with Crippen molar-refractivity contribution >= 4 is 0 Å². The molecule has 3 N–H and O–H groups in total. The zero-order valence-electron chi connectivity index (χ0n) is 4.91. The Balaban J connectivity index is 3.29. The van der Waals surface area contributed by atoms with Crippen molar-refractivity contribution in [2.45, 2.75) is 25.6 Å². The van der Waals surface area contributed by atoms with E-state index in [4.69, 9.17) is 15.3 Å². The van der Waals surface area contributed by atoms with Crippen LogP contribution in [-0.2, 0) is 0 Å². The Hall–Kier alpha value is -0.120. The lowest BCUT2D eigenvalue weighted by Crippen LogP contribution is -2.28. The van der Waals surface area contributed by atoms with Crippen molar-refractivity contribution in [1.29, 1.82) is 0 Å². The van der Waals surface area contributed by atoms with Gasteiger partial charge in [0.05, 0.1) is 12.7 Å². The average Bonchev–Trinajstić information content (AvgIpc) is 1.84. The summed E-state index contributed by atoms with van der Waals surface area (Å²) >= 11 is 0. The van der Waals surface area contributed by atoms with Gasteiger partial charge in [0, 0.05) is 0 Å². The van der Waals surface area contributed by atoms with Crippen molar-refractivity contribution in [3.05, 3.63) is 0 Å². The first-order chi connectivity index (χ1) is 3.72. The van der Waals surface area contributed by atoms with Crippen molar-refractivity contribution < 1.29 is 15.3 Å². The molecule has 0 saturated heterocycles. The molecule has 2 unspecified atom stereocenters. The minimum Gasteiger partial charge on any atom is -0.394 e. The van der Waals surface area contributed by atoms with Gasteiger partial charge in [-0.25, -0.2) is 0 Å². The Morgan fingerprint density at radius 1 is 1.25 bits per heavy atom. The first kappa shape index (κ1) is 7.88. The van der Waals surface area contributed by atoms with Gasteiger partial charge in [0.2, 0.25) is 0 Å². The van der Waals surface area contributed by atoms with Crippen LogP contribution < -0.4 is 0 Å². The lowest BCUT2D eigenvalue weighted by molar-refractivity contribution is -0.0151. The quantitative estimate of drug-likeness (QED) is 0.453. The fraction of sp³-hybridized carbons (Fsp3) is 1.00. The Kier molecular flexibility index (Phi) is 3.77. The normalized spacial score (nSPS) is 18.0. The van der Waals surface area contributed by atoms with Crippen molar-refractivity contribution in [1.82, 2.24) is 0 Å². The molecule has 0 rings (SSSR count). The molecule has 0 amide bonds. The second-order valence-electron chi connectivity index (χ2n) is 1.73. The van der Waals surface area contributed by atoms with E-state index in [2.05, 4.69) is 0 Å². The molecule has 3 heteroatoms. The number of hydrogen-bond acceptors (Lipinski definition) is 3. The summed E-state index contributed by atoms with van der Waals surface area (Å²) in [6.07, 6.45) is -1.28. The van der Waals surface area contributed by atoms with Crippen molar-refractivity contribution in [3.8, 4) is 0 Å². The Morgan fingerprint density at radius 2 is 1.75 bits per heavy atom. The summed E-state index contributed by atoms with van der Waals surface area (Å²) in [5.41, 5.74) is 0. The lowest BCUT2D eigenvalue weighted by atomic mass is 10.2. The molecule has 50 valence electrons. The van der Waals surface area contributed by atoms with Crippen molar-refractivity contribution in [2.75, 3.05) is 6.61 Å². The number of rotatable bonds is 3. The van der Waals surface area contributed by atoms with E-state index < -0.39 is 12.2 Å². The van der Waals surface area contributed by atoms with E-state index in [9.17, 15) is 0 Å². The maximum Gasteiger partial charge on any atom is 0.103 e. The van der Waals surface area contributed by atoms with Crippen LogP contribution in [0.5, 0.6) is 0 Å². The van der Waals surface area contributed by atoms with Gasteiger partial charge in [-0.05, 0) is 6.42 Å². The molecular formula is C5H12O3. The fourth-order valence-corrected chi connectivity index (χ4v) is 0.394. The molecule has 0 aromatic heterocycles. The highest BCUT2D eigenvalue weighted by Gasteiger charge is 2.10. The van der Waals surface area contributed by atoms with Crippen LogP contribution in [0.4, 0.5) is 0 Å². The van der Waals surface area contributed by atoms with Gasteiger partial charge in [0.1, 0.15) is 6.10 Å². The standard InChI is InChI=1S/C5H12O3/c1-2-4(7)5(8)3-6/h4-8H,2-3H2,1H3. The minimum absolute atomic E-state index is 0.366. The average molecular weight is 120 g/mol. The third-order valence-corrected chi connectivity index (χ3v) is 1.05. The molecule has 0 heterocycles. The minimum atomic E-state index is -0.972. The smallest absolute Gasteiger partial charge is 0.103 e. The molecule has 0 radical (unpaired) electrons. The SMILES string of the molecule is CCC(O)C(O)CO.